The zero-order chi connectivity index (χ0) is 16.4. The van der Waals surface area contributed by atoms with Crippen molar-refractivity contribution in [3.8, 4) is 5.75 Å². The number of hydrogen-bond donors (Lipinski definition) is 1. The van der Waals surface area contributed by atoms with Crippen LogP contribution in [0.1, 0.15) is 69.4 Å². The Morgan fingerprint density at radius 1 is 1.00 bits per heavy atom. The Labute approximate surface area is 141 Å². The summed E-state index contributed by atoms with van der Waals surface area (Å²) in [7, 11) is 1.77. The van der Waals surface area contributed by atoms with Gasteiger partial charge in [0.05, 0.1) is 7.11 Å². The minimum Gasteiger partial charge on any atom is -0.497 e. The van der Waals surface area contributed by atoms with E-state index in [0.717, 1.165) is 17.6 Å². The Morgan fingerprint density at radius 2 is 1.78 bits per heavy atom. The molecule has 0 radical (unpaired) electrons. The fourth-order valence-electron chi connectivity index (χ4n) is 4.91. The highest BCUT2D eigenvalue weighted by atomic mass is 16.5. The molecule has 0 amide bonds. The van der Waals surface area contributed by atoms with E-state index in [4.69, 9.17) is 10.5 Å². The minimum absolute atomic E-state index is 0.384. The topological polar surface area (TPSA) is 35.2 Å². The maximum atomic E-state index is 6.42. The lowest BCUT2D eigenvalue weighted by molar-refractivity contribution is 0.259. The number of benzene rings is 1. The van der Waals surface area contributed by atoms with Crippen LogP contribution in [0.4, 0.5) is 0 Å². The second kappa shape index (κ2) is 7.25. The van der Waals surface area contributed by atoms with Gasteiger partial charge in [-0.3, -0.25) is 0 Å². The summed E-state index contributed by atoms with van der Waals surface area (Å²) < 4.78 is 5.46. The quantitative estimate of drug-likeness (QED) is 0.799. The zero-order valence-corrected chi connectivity index (χ0v) is 15.1. The van der Waals surface area contributed by atoms with E-state index in [0.29, 0.717) is 17.9 Å². The van der Waals surface area contributed by atoms with Crippen LogP contribution in [0, 0.1) is 17.8 Å². The standard InChI is InChI=1S/C21H33NO/c1-14-8-12-21(22)15(2)7-10-20-18(14)6-4-5-16-13-17(23-3)9-11-19(16)20/h9,11,13-15,18,20-21H,4-8,10,12,22H2,1-3H3/t14?,15?,18?,20?,21-/m1/s1. The zero-order valence-electron chi connectivity index (χ0n) is 15.1. The van der Waals surface area contributed by atoms with E-state index in [-0.39, 0.29) is 0 Å². The van der Waals surface area contributed by atoms with E-state index < -0.39 is 0 Å². The number of methoxy groups -OCH3 is 1. The van der Waals surface area contributed by atoms with Crippen molar-refractivity contribution in [2.24, 2.45) is 23.5 Å². The lowest BCUT2D eigenvalue weighted by atomic mass is 9.74. The lowest BCUT2D eigenvalue weighted by Crippen LogP contribution is -2.28. The minimum atomic E-state index is 0.384. The molecule has 128 valence electrons. The summed E-state index contributed by atoms with van der Waals surface area (Å²) in [6.45, 7) is 4.82. The molecule has 0 saturated heterocycles. The SMILES string of the molecule is COc1ccc2c(c1)CCCC1C(C)CC[C@@H](N)C(C)CCC21. The van der Waals surface area contributed by atoms with Crippen LogP contribution in [-0.4, -0.2) is 13.2 Å². The van der Waals surface area contributed by atoms with E-state index in [9.17, 15) is 0 Å². The van der Waals surface area contributed by atoms with Crippen molar-refractivity contribution in [3.05, 3.63) is 29.3 Å². The molecular weight excluding hydrogens is 282 g/mol. The Hall–Kier alpha value is -1.02. The van der Waals surface area contributed by atoms with Gasteiger partial charge in [0.2, 0.25) is 0 Å². The molecule has 5 atom stereocenters. The fraction of sp³-hybridized carbons (Fsp3) is 0.714. The summed E-state index contributed by atoms with van der Waals surface area (Å²) >= 11 is 0. The molecule has 23 heavy (non-hydrogen) atoms. The molecule has 2 aliphatic rings. The number of fused-ring (bicyclic) bond motifs is 3. The van der Waals surface area contributed by atoms with Gasteiger partial charge >= 0.3 is 0 Å². The molecule has 0 heterocycles. The third-order valence-corrected chi connectivity index (χ3v) is 6.60. The maximum absolute atomic E-state index is 6.42. The van der Waals surface area contributed by atoms with Crippen molar-refractivity contribution < 1.29 is 4.74 Å². The first-order chi connectivity index (χ1) is 11.1. The van der Waals surface area contributed by atoms with Crippen molar-refractivity contribution in [1.29, 1.82) is 0 Å². The second-order valence-corrected chi connectivity index (χ2v) is 8.00. The number of rotatable bonds is 1. The lowest BCUT2D eigenvalue weighted by Gasteiger charge is -2.31. The molecule has 0 bridgehead atoms. The predicted octanol–water partition coefficient (Wildman–Crippen LogP) is 4.90. The molecule has 3 rings (SSSR count). The Kier molecular flexibility index (Phi) is 5.31. The van der Waals surface area contributed by atoms with Gasteiger partial charge in [-0.15, -0.1) is 0 Å². The van der Waals surface area contributed by atoms with E-state index in [1.807, 2.05) is 0 Å². The number of ether oxygens (including phenoxy) is 1. The van der Waals surface area contributed by atoms with Gasteiger partial charge in [-0.1, -0.05) is 19.9 Å². The Bertz CT molecular complexity index is 527. The van der Waals surface area contributed by atoms with Gasteiger partial charge in [0.1, 0.15) is 5.75 Å². The summed E-state index contributed by atoms with van der Waals surface area (Å²) in [5.74, 6) is 3.97. The molecule has 2 heteroatoms. The van der Waals surface area contributed by atoms with Crippen molar-refractivity contribution in [2.75, 3.05) is 7.11 Å². The molecule has 0 spiro atoms. The van der Waals surface area contributed by atoms with Crippen LogP contribution < -0.4 is 10.5 Å². The summed E-state index contributed by atoms with van der Waals surface area (Å²) in [5, 5.41) is 0. The van der Waals surface area contributed by atoms with Crippen LogP contribution in [-0.2, 0) is 6.42 Å². The van der Waals surface area contributed by atoms with Crippen LogP contribution in [0.3, 0.4) is 0 Å². The first-order valence-corrected chi connectivity index (χ1v) is 9.52. The van der Waals surface area contributed by atoms with E-state index in [1.54, 1.807) is 12.7 Å². The highest BCUT2D eigenvalue weighted by Crippen LogP contribution is 2.45. The Balaban J connectivity index is 1.94. The normalized spacial score (nSPS) is 35.0. The molecule has 2 aliphatic carbocycles. The molecular formula is C21H33NO. The van der Waals surface area contributed by atoms with Gasteiger partial charge in [-0.25, -0.2) is 0 Å². The van der Waals surface area contributed by atoms with Crippen LogP contribution in [0.5, 0.6) is 5.75 Å². The van der Waals surface area contributed by atoms with E-state index in [2.05, 4.69) is 32.0 Å². The molecule has 1 aromatic rings. The maximum Gasteiger partial charge on any atom is 0.119 e. The second-order valence-electron chi connectivity index (χ2n) is 8.00. The van der Waals surface area contributed by atoms with Crippen molar-refractivity contribution in [3.63, 3.8) is 0 Å². The summed E-state index contributed by atoms with van der Waals surface area (Å²) in [6.07, 6.45) is 8.93. The molecule has 2 nitrogen and oxygen atoms in total. The van der Waals surface area contributed by atoms with Gasteiger partial charge in [0.25, 0.3) is 0 Å². The van der Waals surface area contributed by atoms with E-state index in [1.165, 1.54) is 50.5 Å². The van der Waals surface area contributed by atoms with Gasteiger partial charge in [0, 0.05) is 6.04 Å². The average molecular weight is 316 g/mol. The first-order valence-electron chi connectivity index (χ1n) is 9.52. The number of hydrogen-bond acceptors (Lipinski definition) is 2. The smallest absolute Gasteiger partial charge is 0.119 e. The fourth-order valence-corrected chi connectivity index (χ4v) is 4.91. The van der Waals surface area contributed by atoms with E-state index >= 15 is 0 Å². The first kappa shape index (κ1) is 16.8. The van der Waals surface area contributed by atoms with Gasteiger partial charge in [-0.05, 0) is 91.9 Å². The highest BCUT2D eigenvalue weighted by molar-refractivity contribution is 5.39. The number of aryl methyl sites for hydroxylation is 1. The van der Waals surface area contributed by atoms with Crippen LogP contribution in [0.2, 0.25) is 0 Å². The molecule has 0 aromatic heterocycles. The average Bonchev–Trinajstić information content (AvgIpc) is 2.72. The van der Waals surface area contributed by atoms with Crippen molar-refractivity contribution >= 4 is 0 Å². The van der Waals surface area contributed by atoms with Crippen molar-refractivity contribution in [1.82, 2.24) is 0 Å². The third kappa shape index (κ3) is 3.57. The van der Waals surface area contributed by atoms with Gasteiger partial charge in [-0.2, -0.15) is 0 Å². The van der Waals surface area contributed by atoms with Gasteiger partial charge < -0.3 is 10.5 Å². The largest absolute Gasteiger partial charge is 0.497 e. The highest BCUT2D eigenvalue weighted by Gasteiger charge is 2.33. The van der Waals surface area contributed by atoms with Crippen LogP contribution >= 0.6 is 0 Å². The molecule has 1 aromatic carbocycles. The van der Waals surface area contributed by atoms with Crippen LogP contribution in [0.15, 0.2) is 18.2 Å². The monoisotopic (exact) mass is 315 g/mol. The summed E-state index contributed by atoms with van der Waals surface area (Å²) in [5.41, 5.74) is 9.54. The summed E-state index contributed by atoms with van der Waals surface area (Å²) in [4.78, 5) is 0. The molecule has 1 saturated carbocycles. The predicted molar refractivity (Wildman–Crippen MR) is 96.9 cm³/mol. The molecule has 1 fully saturated rings. The van der Waals surface area contributed by atoms with Gasteiger partial charge in [0.15, 0.2) is 0 Å². The van der Waals surface area contributed by atoms with Crippen LogP contribution in [0.25, 0.3) is 0 Å². The summed E-state index contributed by atoms with van der Waals surface area (Å²) in [6, 6.07) is 7.18. The Morgan fingerprint density at radius 3 is 2.57 bits per heavy atom. The van der Waals surface area contributed by atoms with Crippen molar-refractivity contribution in [2.45, 2.75) is 70.8 Å². The third-order valence-electron chi connectivity index (χ3n) is 6.60. The molecule has 0 aliphatic heterocycles. The molecule has 4 unspecified atom stereocenters. The molecule has 2 N–H and O–H groups in total. The number of nitrogens with two attached hydrogens (primary N) is 1.